The molecule has 19 heavy (non-hydrogen) atoms. The summed E-state index contributed by atoms with van der Waals surface area (Å²) in [6, 6.07) is 11.7. The minimum atomic E-state index is -0.693. The van der Waals surface area contributed by atoms with Crippen LogP contribution in [-0.2, 0) is 0 Å². The predicted octanol–water partition coefficient (Wildman–Crippen LogP) is 4.45. The molecule has 0 aliphatic heterocycles. The summed E-state index contributed by atoms with van der Waals surface area (Å²) in [5, 5.41) is 10.5. The molecule has 0 aliphatic rings. The molecular weight excluding hydrogens is 419 g/mol. The van der Waals surface area contributed by atoms with Crippen LogP contribution in [0.2, 0.25) is 0 Å². The van der Waals surface area contributed by atoms with Gasteiger partial charge < -0.3 is 9.84 Å². The number of hydrogen-bond acceptors (Lipinski definition) is 2. The average Bonchev–Trinajstić information content (AvgIpc) is 2.40. The standard InChI is InChI=1S/C15H14BrIO2/c1-9-6-14(19-2)12(8-13(9)16)15(18)10-4-3-5-11(17)7-10/h3-8,15,18H,1-2H3. The Labute approximate surface area is 135 Å². The molecule has 0 aliphatic carbocycles. The summed E-state index contributed by atoms with van der Waals surface area (Å²) in [5.74, 6) is 0.701. The lowest BCUT2D eigenvalue weighted by atomic mass is 9.99. The van der Waals surface area contributed by atoms with E-state index in [2.05, 4.69) is 38.5 Å². The molecule has 4 heteroatoms. The monoisotopic (exact) mass is 432 g/mol. The van der Waals surface area contributed by atoms with Crippen LogP contribution in [0.15, 0.2) is 40.9 Å². The van der Waals surface area contributed by atoms with Crippen molar-refractivity contribution in [2.75, 3.05) is 7.11 Å². The average molecular weight is 433 g/mol. The first kappa shape index (κ1) is 14.8. The molecule has 0 fully saturated rings. The lowest BCUT2D eigenvalue weighted by Crippen LogP contribution is -2.03. The van der Waals surface area contributed by atoms with Gasteiger partial charge in [0.25, 0.3) is 0 Å². The van der Waals surface area contributed by atoms with Crippen molar-refractivity contribution in [3.63, 3.8) is 0 Å². The molecule has 0 saturated heterocycles. The molecule has 100 valence electrons. The largest absolute Gasteiger partial charge is 0.496 e. The normalized spacial score (nSPS) is 12.3. The highest BCUT2D eigenvalue weighted by Gasteiger charge is 2.17. The van der Waals surface area contributed by atoms with Crippen LogP contribution in [-0.4, -0.2) is 12.2 Å². The van der Waals surface area contributed by atoms with Crippen LogP contribution in [0.25, 0.3) is 0 Å². The van der Waals surface area contributed by atoms with E-state index in [0.29, 0.717) is 5.75 Å². The first-order valence-electron chi connectivity index (χ1n) is 5.80. The molecule has 1 unspecified atom stereocenters. The summed E-state index contributed by atoms with van der Waals surface area (Å²) in [5.41, 5.74) is 2.71. The quantitative estimate of drug-likeness (QED) is 0.726. The summed E-state index contributed by atoms with van der Waals surface area (Å²) in [6.07, 6.45) is -0.693. The number of aryl methyl sites for hydroxylation is 1. The van der Waals surface area contributed by atoms with E-state index in [9.17, 15) is 5.11 Å². The zero-order chi connectivity index (χ0) is 14.0. The van der Waals surface area contributed by atoms with Crippen molar-refractivity contribution in [1.82, 2.24) is 0 Å². The molecule has 2 aromatic carbocycles. The van der Waals surface area contributed by atoms with Gasteiger partial charge in [0.15, 0.2) is 0 Å². The second-order valence-electron chi connectivity index (χ2n) is 4.30. The van der Waals surface area contributed by atoms with Gasteiger partial charge in [0.05, 0.1) is 7.11 Å². The maximum Gasteiger partial charge on any atom is 0.125 e. The highest BCUT2D eigenvalue weighted by Crippen LogP contribution is 2.34. The molecule has 0 bridgehead atoms. The van der Waals surface area contributed by atoms with E-state index >= 15 is 0 Å². The van der Waals surface area contributed by atoms with Gasteiger partial charge in [0, 0.05) is 13.6 Å². The number of hydrogen-bond donors (Lipinski definition) is 1. The smallest absolute Gasteiger partial charge is 0.125 e. The van der Waals surface area contributed by atoms with E-state index in [1.165, 1.54) is 0 Å². The van der Waals surface area contributed by atoms with Crippen molar-refractivity contribution in [3.05, 3.63) is 61.1 Å². The van der Waals surface area contributed by atoms with Crippen molar-refractivity contribution in [2.45, 2.75) is 13.0 Å². The molecule has 1 N–H and O–H groups in total. The van der Waals surface area contributed by atoms with Crippen molar-refractivity contribution in [3.8, 4) is 5.75 Å². The third kappa shape index (κ3) is 3.30. The Bertz CT molecular complexity index is 599. The first-order valence-corrected chi connectivity index (χ1v) is 7.67. The van der Waals surface area contributed by atoms with Gasteiger partial charge in [-0.25, -0.2) is 0 Å². The zero-order valence-corrected chi connectivity index (χ0v) is 14.4. The van der Waals surface area contributed by atoms with Crippen molar-refractivity contribution in [1.29, 1.82) is 0 Å². The molecular formula is C15H14BrIO2. The third-order valence-corrected chi connectivity index (χ3v) is 4.50. The van der Waals surface area contributed by atoms with Crippen LogP contribution in [0.1, 0.15) is 22.8 Å². The fourth-order valence-electron chi connectivity index (χ4n) is 1.92. The van der Waals surface area contributed by atoms with E-state index in [4.69, 9.17) is 4.74 Å². The number of aliphatic hydroxyl groups excluding tert-OH is 1. The summed E-state index contributed by atoms with van der Waals surface area (Å²) in [4.78, 5) is 0. The number of halogens is 2. The van der Waals surface area contributed by atoms with Crippen LogP contribution < -0.4 is 4.74 Å². The molecule has 2 aromatic rings. The Morgan fingerprint density at radius 3 is 2.63 bits per heavy atom. The van der Waals surface area contributed by atoms with Crippen LogP contribution in [0.5, 0.6) is 5.75 Å². The topological polar surface area (TPSA) is 29.5 Å². The number of aliphatic hydroxyl groups is 1. The predicted molar refractivity (Wildman–Crippen MR) is 88.7 cm³/mol. The Balaban J connectivity index is 2.49. The molecule has 0 heterocycles. The Morgan fingerprint density at radius 1 is 1.26 bits per heavy atom. The van der Waals surface area contributed by atoms with Gasteiger partial charge in [-0.05, 0) is 64.9 Å². The Hall–Kier alpha value is -0.590. The van der Waals surface area contributed by atoms with Gasteiger partial charge in [-0.15, -0.1) is 0 Å². The summed E-state index contributed by atoms with van der Waals surface area (Å²) in [6.45, 7) is 1.99. The maximum atomic E-state index is 10.5. The fourth-order valence-corrected chi connectivity index (χ4v) is 2.85. The second kappa shape index (κ2) is 6.24. The van der Waals surface area contributed by atoms with Gasteiger partial charge in [-0.1, -0.05) is 28.1 Å². The van der Waals surface area contributed by atoms with E-state index < -0.39 is 6.10 Å². The molecule has 0 spiro atoms. The summed E-state index contributed by atoms with van der Waals surface area (Å²) < 4.78 is 7.43. The van der Waals surface area contributed by atoms with Crippen LogP contribution >= 0.6 is 38.5 Å². The second-order valence-corrected chi connectivity index (χ2v) is 6.40. The number of rotatable bonds is 3. The van der Waals surface area contributed by atoms with Crippen molar-refractivity contribution in [2.24, 2.45) is 0 Å². The molecule has 2 rings (SSSR count). The molecule has 0 radical (unpaired) electrons. The molecule has 0 aromatic heterocycles. The molecule has 0 saturated carbocycles. The molecule has 2 nitrogen and oxygen atoms in total. The van der Waals surface area contributed by atoms with Gasteiger partial charge >= 0.3 is 0 Å². The number of benzene rings is 2. The minimum Gasteiger partial charge on any atom is -0.496 e. The van der Waals surface area contributed by atoms with Crippen LogP contribution in [0, 0.1) is 10.5 Å². The summed E-state index contributed by atoms with van der Waals surface area (Å²) in [7, 11) is 1.62. The molecule has 1 atom stereocenters. The first-order chi connectivity index (χ1) is 9.02. The highest BCUT2D eigenvalue weighted by molar-refractivity contribution is 14.1. The minimum absolute atomic E-state index is 0.693. The maximum absolute atomic E-state index is 10.5. The zero-order valence-electron chi connectivity index (χ0n) is 10.7. The van der Waals surface area contributed by atoms with Gasteiger partial charge in [0.1, 0.15) is 11.9 Å². The Kier molecular flexibility index (Phi) is 4.86. The lowest BCUT2D eigenvalue weighted by Gasteiger charge is -2.17. The number of methoxy groups -OCH3 is 1. The number of ether oxygens (including phenoxy) is 1. The Morgan fingerprint density at radius 2 is 2.00 bits per heavy atom. The fraction of sp³-hybridized carbons (Fsp3) is 0.200. The lowest BCUT2D eigenvalue weighted by molar-refractivity contribution is 0.214. The van der Waals surface area contributed by atoms with Gasteiger partial charge in [-0.2, -0.15) is 0 Å². The molecule has 0 amide bonds. The van der Waals surface area contributed by atoms with Crippen molar-refractivity contribution >= 4 is 38.5 Å². The van der Waals surface area contributed by atoms with Crippen LogP contribution in [0.3, 0.4) is 0 Å². The van der Waals surface area contributed by atoms with Crippen LogP contribution in [0.4, 0.5) is 0 Å². The SMILES string of the molecule is COc1cc(C)c(Br)cc1C(O)c1cccc(I)c1. The van der Waals surface area contributed by atoms with Gasteiger partial charge in [0.2, 0.25) is 0 Å². The third-order valence-electron chi connectivity index (χ3n) is 2.97. The van der Waals surface area contributed by atoms with E-state index in [1.54, 1.807) is 7.11 Å². The summed E-state index contributed by atoms with van der Waals surface area (Å²) >= 11 is 5.73. The van der Waals surface area contributed by atoms with E-state index in [0.717, 1.165) is 24.7 Å². The van der Waals surface area contributed by atoms with Crippen molar-refractivity contribution < 1.29 is 9.84 Å². The van der Waals surface area contributed by atoms with Gasteiger partial charge in [-0.3, -0.25) is 0 Å². The van der Waals surface area contributed by atoms with E-state index in [-0.39, 0.29) is 0 Å². The highest BCUT2D eigenvalue weighted by atomic mass is 127. The van der Waals surface area contributed by atoms with E-state index in [1.807, 2.05) is 43.3 Å².